The van der Waals surface area contributed by atoms with E-state index in [9.17, 15) is 4.57 Å². The molecule has 2 aliphatic heterocycles. The number of nitrogens with zero attached hydrogens (tertiary/aromatic N) is 2. The molecule has 27 heavy (non-hydrogen) atoms. The first-order valence-corrected chi connectivity index (χ1v) is 11.2. The molecule has 5 heteroatoms. The number of fused-ring (bicyclic) bond motifs is 1. The van der Waals surface area contributed by atoms with Crippen molar-refractivity contribution in [3.63, 3.8) is 0 Å². The van der Waals surface area contributed by atoms with Crippen molar-refractivity contribution in [3.05, 3.63) is 71.7 Å². The molecule has 2 aromatic carbocycles. The first-order chi connectivity index (χ1) is 12.9. The number of ether oxygens (including phenoxy) is 1. The van der Waals surface area contributed by atoms with Gasteiger partial charge in [-0.1, -0.05) is 50.2 Å². The van der Waals surface area contributed by atoms with E-state index < -0.39 is 7.29 Å². The first kappa shape index (κ1) is 18.5. The Balaban J connectivity index is 1.86. The molecule has 2 heterocycles. The Morgan fingerprint density at radius 1 is 1.00 bits per heavy atom. The second kappa shape index (κ2) is 6.94. The molecule has 142 valence electrons. The lowest BCUT2D eigenvalue weighted by Gasteiger charge is -2.35. The minimum absolute atomic E-state index is 0.192. The van der Waals surface area contributed by atoms with Gasteiger partial charge >= 0.3 is 0 Å². The van der Waals surface area contributed by atoms with Crippen LogP contribution in [0.15, 0.2) is 66.1 Å². The molecule has 0 aromatic heterocycles. The van der Waals surface area contributed by atoms with Gasteiger partial charge in [0, 0.05) is 48.1 Å². The minimum Gasteiger partial charge on any atom is -0.379 e. The van der Waals surface area contributed by atoms with Crippen LogP contribution in [0.25, 0.3) is 0 Å². The van der Waals surface area contributed by atoms with Crippen molar-refractivity contribution in [2.24, 2.45) is 0 Å². The molecular weight excluding hydrogens is 355 g/mol. The maximum Gasteiger partial charge on any atom is 0.202 e. The van der Waals surface area contributed by atoms with Crippen molar-refractivity contribution < 1.29 is 9.30 Å². The highest BCUT2D eigenvalue weighted by Gasteiger charge is 2.42. The standard InChI is InChI=1S/C22H27N2O2P/c1-22(2)19-11-7-8-12-20(19)23(3)21(22)17-27(25,18-9-5-4-6-10-18)24-13-15-26-16-14-24/h4-12,17H,13-16H2,1-3H3/b21-17-. The number of benzene rings is 2. The average Bonchev–Trinajstić information content (AvgIpc) is 2.90. The van der Waals surface area contributed by atoms with Crippen LogP contribution in [0.3, 0.4) is 0 Å². The molecule has 0 saturated carbocycles. The highest BCUT2D eigenvalue weighted by molar-refractivity contribution is 7.72. The summed E-state index contributed by atoms with van der Waals surface area (Å²) in [5, 5.41) is 0.888. The first-order valence-electron chi connectivity index (χ1n) is 9.50. The van der Waals surface area contributed by atoms with Crippen molar-refractivity contribution >= 4 is 18.3 Å². The van der Waals surface area contributed by atoms with Crippen LogP contribution < -0.4 is 10.2 Å². The molecule has 0 bridgehead atoms. The maximum absolute atomic E-state index is 14.5. The molecule has 4 nitrogen and oxygen atoms in total. The molecule has 1 atom stereocenters. The van der Waals surface area contributed by atoms with E-state index >= 15 is 0 Å². The van der Waals surface area contributed by atoms with Crippen molar-refractivity contribution in [2.45, 2.75) is 19.3 Å². The van der Waals surface area contributed by atoms with Gasteiger partial charge in [0.15, 0.2) is 0 Å². The van der Waals surface area contributed by atoms with Crippen LogP contribution in [0.1, 0.15) is 19.4 Å². The van der Waals surface area contributed by atoms with E-state index in [2.05, 4.69) is 54.7 Å². The normalized spacial score (nSPS) is 23.2. The molecule has 0 aliphatic carbocycles. The number of para-hydroxylation sites is 1. The minimum atomic E-state index is -2.89. The summed E-state index contributed by atoms with van der Waals surface area (Å²) in [4.78, 5) is 2.20. The Hall–Kier alpha value is -1.87. The van der Waals surface area contributed by atoms with Crippen LogP contribution in [0.2, 0.25) is 0 Å². The summed E-state index contributed by atoms with van der Waals surface area (Å²) in [6.45, 7) is 7.06. The summed E-state index contributed by atoms with van der Waals surface area (Å²) in [6, 6.07) is 18.4. The summed E-state index contributed by atoms with van der Waals surface area (Å²) in [5.74, 6) is 2.05. The second-order valence-corrected chi connectivity index (χ2v) is 10.3. The average molecular weight is 382 g/mol. The zero-order valence-corrected chi connectivity index (χ0v) is 17.2. The summed E-state index contributed by atoms with van der Waals surface area (Å²) < 4.78 is 22.1. The molecule has 1 fully saturated rings. The Bertz CT molecular complexity index is 902. The van der Waals surface area contributed by atoms with Crippen molar-refractivity contribution in [1.82, 2.24) is 4.67 Å². The zero-order valence-electron chi connectivity index (χ0n) is 16.3. The third-order valence-electron chi connectivity index (χ3n) is 5.77. The van der Waals surface area contributed by atoms with Gasteiger partial charge in [0.05, 0.1) is 13.2 Å². The lowest BCUT2D eigenvalue weighted by Crippen LogP contribution is -2.36. The molecule has 4 rings (SSSR count). The molecule has 0 amide bonds. The van der Waals surface area contributed by atoms with Gasteiger partial charge in [-0.25, -0.2) is 4.67 Å². The van der Waals surface area contributed by atoms with E-state index in [0.717, 1.165) is 11.0 Å². The fraction of sp³-hybridized carbons (Fsp3) is 0.364. The molecular formula is C22H27N2O2P. The molecule has 2 aromatic rings. The molecule has 0 radical (unpaired) electrons. The van der Waals surface area contributed by atoms with Gasteiger partial charge in [-0.05, 0) is 23.8 Å². The van der Waals surface area contributed by atoms with Crippen LogP contribution in [0.5, 0.6) is 0 Å². The second-order valence-electron chi connectivity index (χ2n) is 7.74. The highest BCUT2D eigenvalue weighted by atomic mass is 31.2. The van der Waals surface area contributed by atoms with Crippen LogP contribution in [-0.4, -0.2) is 38.0 Å². The quantitative estimate of drug-likeness (QED) is 0.746. The number of hydrogen-bond acceptors (Lipinski definition) is 3. The number of likely N-dealkylation sites (N-methyl/N-ethyl adjacent to an activating group) is 1. The maximum atomic E-state index is 14.5. The highest BCUT2D eigenvalue weighted by Crippen LogP contribution is 2.56. The van der Waals surface area contributed by atoms with Crippen LogP contribution in [0.4, 0.5) is 5.69 Å². The van der Waals surface area contributed by atoms with Crippen LogP contribution >= 0.6 is 7.29 Å². The summed E-state index contributed by atoms with van der Waals surface area (Å²) >= 11 is 0. The molecule has 1 unspecified atom stereocenters. The largest absolute Gasteiger partial charge is 0.379 e. The number of rotatable bonds is 3. The summed E-state index contributed by atoms with van der Waals surface area (Å²) in [7, 11) is -0.815. The van der Waals surface area contributed by atoms with Gasteiger partial charge in [-0.15, -0.1) is 0 Å². The number of allylic oxidation sites excluding steroid dienone is 1. The van der Waals surface area contributed by atoms with Crippen molar-refractivity contribution in [3.8, 4) is 0 Å². The molecule has 2 aliphatic rings. The lowest BCUT2D eigenvalue weighted by atomic mass is 9.84. The summed E-state index contributed by atoms with van der Waals surface area (Å²) in [5.41, 5.74) is 3.38. The summed E-state index contributed by atoms with van der Waals surface area (Å²) in [6.07, 6.45) is 0. The number of morpholine rings is 1. The van der Waals surface area contributed by atoms with Gasteiger partial charge in [0.25, 0.3) is 0 Å². The third-order valence-corrected chi connectivity index (χ3v) is 8.64. The van der Waals surface area contributed by atoms with Gasteiger partial charge in [0.2, 0.25) is 7.29 Å². The SMILES string of the molecule is CN1/C(=C\P(=O)(c2ccccc2)N2CCOCC2)C(C)(C)c2ccccc21. The molecule has 1 saturated heterocycles. The van der Waals surface area contributed by atoms with Gasteiger partial charge in [-0.3, -0.25) is 4.57 Å². The van der Waals surface area contributed by atoms with Gasteiger partial charge in [-0.2, -0.15) is 0 Å². The van der Waals surface area contributed by atoms with E-state index in [1.807, 2.05) is 36.1 Å². The zero-order chi connectivity index (χ0) is 19.1. The predicted molar refractivity (Wildman–Crippen MR) is 112 cm³/mol. The smallest absolute Gasteiger partial charge is 0.202 e. The number of hydrogen-bond donors (Lipinski definition) is 0. The monoisotopic (exact) mass is 382 g/mol. The Morgan fingerprint density at radius 3 is 2.30 bits per heavy atom. The Morgan fingerprint density at radius 2 is 1.63 bits per heavy atom. The third kappa shape index (κ3) is 3.06. The predicted octanol–water partition coefficient (Wildman–Crippen LogP) is 4.19. The van der Waals surface area contributed by atoms with E-state index in [1.54, 1.807) is 0 Å². The van der Waals surface area contributed by atoms with Crippen molar-refractivity contribution in [1.29, 1.82) is 0 Å². The Kier molecular flexibility index (Phi) is 4.75. The topological polar surface area (TPSA) is 32.8 Å². The fourth-order valence-electron chi connectivity index (χ4n) is 4.21. The lowest BCUT2D eigenvalue weighted by molar-refractivity contribution is 0.0731. The van der Waals surface area contributed by atoms with Crippen LogP contribution in [0, 0.1) is 0 Å². The fourth-order valence-corrected chi connectivity index (χ4v) is 7.03. The van der Waals surface area contributed by atoms with Crippen LogP contribution in [-0.2, 0) is 14.7 Å². The van der Waals surface area contributed by atoms with E-state index in [1.165, 1.54) is 11.3 Å². The van der Waals surface area contributed by atoms with Gasteiger partial charge < -0.3 is 9.64 Å². The Labute approximate surface area is 161 Å². The van der Waals surface area contributed by atoms with Crippen molar-refractivity contribution in [2.75, 3.05) is 38.3 Å². The van der Waals surface area contributed by atoms with E-state index in [-0.39, 0.29) is 5.41 Å². The van der Waals surface area contributed by atoms with E-state index in [0.29, 0.717) is 26.3 Å². The molecule has 0 N–H and O–H groups in total. The van der Waals surface area contributed by atoms with Gasteiger partial charge in [0.1, 0.15) is 0 Å². The number of anilines is 1. The van der Waals surface area contributed by atoms with E-state index in [4.69, 9.17) is 4.74 Å². The molecule has 0 spiro atoms.